The molecule has 0 saturated carbocycles. The van der Waals surface area contributed by atoms with E-state index in [4.69, 9.17) is 21.5 Å². The Morgan fingerprint density at radius 1 is 1.14 bits per heavy atom. The van der Waals surface area contributed by atoms with Crippen LogP contribution >= 0.6 is 12.2 Å². The maximum absolute atomic E-state index is 5.66. The molecule has 2 fully saturated rings. The van der Waals surface area contributed by atoms with Crippen LogP contribution in [0.2, 0.25) is 0 Å². The molecule has 0 radical (unpaired) electrons. The van der Waals surface area contributed by atoms with E-state index in [1.54, 1.807) is 0 Å². The Labute approximate surface area is 171 Å². The summed E-state index contributed by atoms with van der Waals surface area (Å²) in [6.07, 6.45) is 3.64. The predicted molar refractivity (Wildman–Crippen MR) is 111 cm³/mol. The van der Waals surface area contributed by atoms with Gasteiger partial charge in [-0.25, -0.2) is 0 Å². The Kier molecular flexibility index (Phi) is 6.51. The third-order valence-electron chi connectivity index (χ3n) is 5.23. The molecule has 7 nitrogen and oxygen atoms in total. The number of benzene rings is 1. The molecule has 2 saturated heterocycles. The van der Waals surface area contributed by atoms with Gasteiger partial charge in [-0.05, 0) is 43.6 Å². The van der Waals surface area contributed by atoms with E-state index in [1.807, 2.05) is 30.3 Å². The summed E-state index contributed by atoms with van der Waals surface area (Å²) in [5, 5.41) is 8.37. The molecular formula is C20H27N5O2S. The van der Waals surface area contributed by atoms with Crippen molar-refractivity contribution in [3.05, 3.63) is 36.2 Å². The van der Waals surface area contributed by atoms with Crippen LogP contribution in [0.4, 0.5) is 0 Å². The molecule has 28 heavy (non-hydrogen) atoms. The van der Waals surface area contributed by atoms with Gasteiger partial charge in [-0.1, -0.05) is 23.4 Å². The molecule has 2 aromatic rings. The lowest BCUT2D eigenvalue weighted by molar-refractivity contribution is 0.113. The molecule has 1 atom stereocenters. The monoisotopic (exact) mass is 401 g/mol. The van der Waals surface area contributed by atoms with Gasteiger partial charge in [-0.3, -0.25) is 4.90 Å². The molecule has 0 amide bonds. The minimum absolute atomic E-state index is 0.304. The Bertz CT molecular complexity index is 763. The highest BCUT2D eigenvalue weighted by molar-refractivity contribution is 7.80. The predicted octanol–water partition coefficient (Wildman–Crippen LogP) is 2.30. The van der Waals surface area contributed by atoms with Crippen molar-refractivity contribution < 1.29 is 9.26 Å². The summed E-state index contributed by atoms with van der Waals surface area (Å²) in [6.45, 7) is 6.18. The highest BCUT2D eigenvalue weighted by Gasteiger charge is 2.20. The van der Waals surface area contributed by atoms with Gasteiger partial charge >= 0.3 is 0 Å². The Morgan fingerprint density at radius 2 is 2.04 bits per heavy atom. The van der Waals surface area contributed by atoms with Crippen LogP contribution < -0.4 is 5.32 Å². The summed E-state index contributed by atoms with van der Waals surface area (Å²) in [5.74, 6) is 1.30. The quantitative estimate of drug-likeness (QED) is 0.766. The number of aromatic nitrogens is 2. The van der Waals surface area contributed by atoms with Gasteiger partial charge in [-0.15, -0.1) is 0 Å². The largest absolute Gasteiger partial charge is 0.376 e. The summed E-state index contributed by atoms with van der Waals surface area (Å²) in [4.78, 5) is 9.17. The smallest absolute Gasteiger partial charge is 0.257 e. The van der Waals surface area contributed by atoms with Crippen LogP contribution in [0.3, 0.4) is 0 Å². The third-order valence-corrected chi connectivity index (χ3v) is 5.64. The molecule has 1 aromatic carbocycles. The molecular weight excluding hydrogens is 374 g/mol. The molecule has 4 rings (SSSR count). The number of hydrogen-bond acceptors (Lipinski definition) is 6. The molecule has 0 spiro atoms. The average Bonchev–Trinajstić information content (AvgIpc) is 3.36. The maximum atomic E-state index is 5.66. The number of nitrogens with zero attached hydrogens (tertiary/aromatic N) is 4. The number of nitrogens with one attached hydrogen (secondary N) is 1. The van der Waals surface area contributed by atoms with Crippen LogP contribution in [0.15, 0.2) is 34.9 Å². The van der Waals surface area contributed by atoms with Crippen molar-refractivity contribution in [2.75, 3.05) is 39.3 Å². The van der Waals surface area contributed by atoms with Crippen LogP contribution in [0.25, 0.3) is 11.5 Å². The molecule has 0 aliphatic carbocycles. The number of thiocarbonyl (C=S) groups is 1. The first kappa shape index (κ1) is 19.3. The third kappa shape index (κ3) is 5.06. The van der Waals surface area contributed by atoms with E-state index in [-0.39, 0.29) is 0 Å². The SMILES string of the molecule is S=C(NCC1CCCO1)N1CCCN(Cc2noc(-c3ccccc3)n2)CC1. The van der Waals surface area contributed by atoms with Crippen LogP contribution in [-0.4, -0.2) is 70.5 Å². The average molecular weight is 402 g/mol. The number of hydrogen-bond donors (Lipinski definition) is 1. The molecule has 2 aliphatic heterocycles. The molecule has 1 aromatic heterocycles. The molecule has 3 heterocycles. The van der Waals surface area contributed by atoms with Crippen LogP contribution in [0, 0.1) is 0 Å². The molecule has 8 heteroatoms. The summed E-state index contributed by atoms with van der Waals surface area (Å²) in [6, 6.07) is 9.87. The van der Waals surface area contributed by atoms with E-state index >= 15 is 0 Å². The first-order valence-corrected chi connectivity index (χ1v) is 10.4. The Morgan fingerprint density at radius 3 is 2.86 bits per heavy atom. The minimum Gasteiger partial charge on any atom is -0.376 e. The summed E-state index contributed by atoms with van der Waals surface area (Å²) in [5.41, 5.74) is 0.950. The van der Waals surface area contributed by atoms with Crippen molar-refractivity contribution in [3.63, 3.8) is 0 Å². The van der Waals surface area contributed by atoms with Gasteiger partial charge in [0.1, 0.15) is 0 Å². The lowest BCUT2D eigenvalue weighted by atomic mass is 10.2. The molecule has 1 unspecified atom stereocenters. The second kappa shape index (κ2) is 9.45. The van der Waals surface area contributed by atoms with Gasteiger partial charge < -0.3 is 19.5 Å². The van der Waals surface area contributed by atoms with Gasteiger partial charge in [0.2, 0.25) is 0 Å². The van der Waals surface area contributed by atoms with E-state index in [0.29, 0.717) is 18.5 Å². The van der Waals surface area contributed by atoms with E-state index in [1.165, 1.54) is 0 Å². The Balaban J connectivity index is 1.26. The zero-order chi connectivity index (χ0) is 19.2. The Hall–Kier alpha value is -2.03. The van der Waals surface area contributed by atoms with Crippen molar-refractivity contribution in [1.82, 2.24) is 25.3 Å². The van der Waals surface area contributed by atoms with Crippen molar-refractivity contribution in [3.8, 4) is 11.5 Å². The summed E-state index contributed by atoms with van der Waals surface area (Å²) < 4.78 is 11.1. The van der Waals surface area contributed by atoms with Gasteiger partial charge in [0.25, 0.3) is 5.89 Å². The van der Waals surface area contributed by atoms with E-state index < -0.39 is 0 Å². The number of ether oxygens (including phenoxy) is 1. The van der Waals surface area contributed by atoms with Crippen molar-refractivity contribution in [2.24, 2.45) is 0 Å². The standard InChI is InChI=1S/C20H27N5O2S/c28-20(21-14-17-8-4-13-26-17)25-10-5-9-24(11-12-25)15-18-22-19(27-23-18)16-6-2-1-3-7-16/h1-3,6-7,17H,4-5,8-15H2,(H,21,28). The fourth-order valence-corrected chi connectivity index (χ4v) is 3.93. The van der Waals surface area contributed by atoms with Crippen molar-refractivity contribution in [2.45, 2.75) is 31.9 Å². The second-order valence-electron chi connectivity index (χ2n) is 7.32. The van der Waals surface area contributed by atoms with Crippen LogP contribution in [-0.2, 0) is 11.3 Å². The summed E-state index contributed by atoms with van der Waals surface area (Å²) >= 11 is 5.60. The maximum Gasteiger partial charge on any atom is 0.257 e. The number of rotatable bonds is 5. The van der Waals surface area contributed by atoms with Crippen molar-refractivity contribution in [1.29, 1.82) is 0 Å². The zero-order valence-electron chi connectivity index (χ0n) is 16.0. The fourth-order valence-electron chi connectivity index (χ4n) is 3.67. The molecule has 2 aliphatic rings. The topological polar surface area (TPSA) is 66.7 Å². The molecule has 1 N–H and O–H groups in total. The van der Waals surface area contributed by atoms with Gasteiger partial charge in [0.15, 0.2) is 10.9 Å². The lowest BCUT2D eigenvalue weighted by Crippen LogP contribution is -2.44. The molecule has 0 bridgehead atoms. The van der Waals surface area contributed by atoms with Crippen molar-refractivity contribution >= 4 is 17.3 Å². The summed E-state index contributed by atoms with van der Waals surface area (Å²) in [7, 11) is 0. The second-order valence-corrected chi connectivity index (χ2v) is 7.71. The van der Waals surface area contributed by atoms with Gasteiger partial charge in [0, 0.05) is 44.9 Å². The highest BCUT2D eigenvalue weighted by Crippen LogP contribution is 2.17. The van der Waals surface area contributed by atoms with E-state index in [9.17, 15) is 0 Å². The first-order valence-electron chi connectivity index (χ1n) is 10.0. The lowest BCUT2D eigenvalue weighted by Gasteiger charge is -2.25. The first-order chi connectivity index (χ1) is 13.8. The van der Waals surface area contributed by atoms with E-state index in [2.05, 4.69) is 25.3 Å². The van der Waals surface area contributed by atoms with Crippen LogP contribution in [0.1, 0.15) is 25.1 Å². The minimum atomic E-state index is 0.304. The normalized spacial score (nSPS) is 20.9. The van der Waals surface area contributed by atoms with Gasteiger partial charge in [0.05, 0.1) is 12.6 Å². The highest BCUT2D eigenvalue weighted by atomic mass is 32.1. The zero-order valence-corrected chi connectivity index (χ0v) is 16.9. The van der Waals surface area contributed by atoms with E-state index in [0.717, 1.165) is 75.1 Å². The van der Waals surface area contributed by atoms with Crippen LogP contribution in [0.5, 0.6) is 0 Å². The van der Waals surface area contributed by atoms with Gasteiger partial charge in [-0.2, -0.15) is 4.98 Å². The fraction of sp³-hybridized carbons (Fsp3) is 0.550. The molecule has 150 valence electrons.